The number of piperidine rings is 1. The van der Waals surface area contributed by atoms with Crippen molar-refractivity contribution in [1.82, 2.24) is 14.5 Å². The van der Waals surface area contributed by atoms with Crippen LogP contribution in [0, 0.1) is 5.92 Å². The molecule has 2 heterocycles. The molecule has 1 aromatic rings. The highest BCUT2D eigenvalue weighted by molar-refractivity contribution is 5.74. The fraction of sp³-hybridized carbons (Fsp3) is 0.733. The largest absolute Gasteiger partial charge is 0.469 e. The van der Waals surface area contributed by atoms with E-state index in [0.717, 1.165) is 37.1 Å². The second-order valence-corrected chi connectivity index (χ2v) is 6.06. The summed E-state index contributed by atoms with van der Waals surface area (Å²) in [7, 11) is 2.36. The van der Waals surface area contributed by atoms with Gasteiger partial charge in [0.05, 0.1) is 7.11 Å². The minimum Gasteiger partial charge on any atom is -0.469 e. The van der Waals surface area contributed by atoms with E-state index in [9.17, 15) is 23.1 Å². The van der Waals surface area contributed by atoms with Crippen molar-refractivity contribution in [2.24, 2.45) is 13.0 Å². The molecule has 2 rings (SSSR count). The van der Waals surface area contributed by atoms with Crippen LogP contribution in [0.5, 0.6) is 0 Å². The van der Waals surface area contributed by atoms with Crippen molar-refractivity contribution in [3.8, 4) is 0 Å². The van der Waals surface area contributed by atoms with Gasteiger partial charge in [0.25, 0.3) is 0 Å². The van der Waals surface area contributed by atoms with E-state index in [4.69, 9.17) is 0 Å². The van der Waals surface area contributed by atoms with Crippen LogP contribution in [0.4, 0.5) is 13.2 Å². The lowest BCUT2D eigenvalue weighted by atomic mass is 9.84. The number of ether oxygens (including phenoxy) is 1. The number of aromatic nitrogens is 2. The number of esters is 1. The van der Waals surface area contributed by atoms with Gasteiger partial charge in [-0.15, -0.1) is 0 Å². The predicted octanol–water partition coefficient (Wildman–Crippen LogP) is 1.45. The summed E-state index contributed by atoms with van der Waals surface area (Å²) in [5.74, 6) is -3.55. The number of carbonyl (C=O) groups excluding carboxylic acids is 1. The molecule has 1 aliphatic rings. The summed E-state index contributed by atoms with van der Waals surface area (Å²) in [5.41, 5.74) is -3.42. The van der Waals surface area contributed by atoms with E-state index in [2.05, 4.69) is 9.72 Å². The zero-order valence-corrected chi connectivity index (χ0v) is 13.7. The number of hydrogen-bond acceptors (Lipinski definition) is 5. The van der Waals surface area contributed by atoms with E-state index in [1.807, 2.05) is 0 Å². The van der Waals surface area contributed by atoms with Gasteiger partial charge in [-0.05, 0) is 25.9 Å². The number of aliphatic hydroxyl groups is 1. The predicted molar refractivity (Wildman–Crippen MR) is 79.0 cm³/mol. The van der Waals surface area contributed by atoms with Gasteiger partial charge in [-0.1, -0.05) is 6.42 Å². The monoisotopic (exact) mass is 349 g/mol. The number of halogens is 3. The molecule has 0 bridgehead atoms. The number of carbonyl (C=O) groups is 1. The van der Waals surface area contributed by atoms with Crippen molar-refractivity contribution >= 4 is 5.97 Å². The van der Waals surface area contributed by atoms with Crippen LogP contribution in [-0.2, 0) is 22.2 Å². The molecular weight excluding hydrogens is 327 g/mol. The van der Waals surface area contributed by atoms with E-state index in [-0.39, 0.29) is 6.54 Å². The summed E-state index contributed by atoms with van der Waals surface area (Å²) in [6, 6.07) is 0. The molecule has 1 aliphatic heterocycles. The van der Waals surface area contributed by atoms with Crippen molar-refractivity contribution in [2.45, 2.75) is 31.0 Å². The van der Waals surface area contributed by atoms with Crippen LogP contribution in [0.2, 0.25) is 0 Å². The third kappa shape index (κ3) is 3.41. The first-order valence-electron chi connectivity index (χ1n) is 7.79. The molecule has 9 heteroatoms. The number of nitrogens with zero attached hydrogens (tertiary/aromatic N) is 3. The van der Waals surface area contributed by atoms with Gasteiger partial charge in [-0.3, -0.25) is 4.79 Å². The van der Waals surface area contributed by atoms with Gasteiger partial charge in [0.1, 0.15) is 5.92 Å². The van der Waals surface area contributed by atoms with Crippen molar-refractivity contribution in [1.29, 1.82) is 0 Å². The molecule has 0 amide bonds. The highest BCUT2D eigenvalue weighted by Gasteiger charge is 2.64. The minimum absolute atomic E-state index is 0.241. The van der Waals surface area contributed by atoms with Crippen molar-refractivity contribution in [3.63, 3.8) is 0 Å². The van der Waals surface area contributed by atoms with Gasteiger partial charge >= 0.3 is 12.1 Å². The summed E-state index contributed by atoms with van der Waals surface area (Å²) in [6.07, 6.45) is 0.0626. The van der Waals surface area contributed by atoms with Crippen molar-refractivity contribution in [3.05, 3.63) is 18.2 Å². The molecule has 6 nitrogen and oxygen atoms in total. The standard InChI is InChI=1S/C15H22F3N3O3/c1-20-9-6-19-13(20)14(23,15(16,17)18)11(12(22)24-2)10-21-7-4-3-5-8-21/h6,9,11,23H,3-5,7-8,10H2,1-2H3/t11-,14+/m0/s1. The molecule has 1 fully saturated rings. The molecule has 0 spiro atoms. The molecule has 1 aromatic heterocycles. The van der Waals surface area contributed by atoms with Crippen molar-refractivity contribution in [2.75, 3.05) is 26.7 Å². The Balaban J connectivity index is 2.45. The Morgan fingerprint density at radius 3 is 2.46 bits per heavy atom. The number of hydrogen-bond donors (Lipinski definition) is 1. The third-order valence-electron chi connectivity index (χ3n) is 4.47. The van der Waals surface area contributed by atoms with Crippen LogP contribution in [0.3, 0.4) is 0 Å². The maximum absolute atomic E-state index is 13.8. The minimum atomic E-state index is -5.08. The first kappa shape index (κ1) is 18.7. The maximum Gasteiger partial charge on any atom is 0.425 e. The average molecular weight is 349 g/mol. The SMILES string of the molecule is COC(=O)[C@H](CN1CCCCC1)[C@@](O)(c1nccn1C)C(F)(F)F. The van der Waals surface area contributed by atoms with E-state index in [1.165, 1.54) is 13.2 Å². The van der Waals surface area contributed by atoms with E-state index >= 15 is 0 Å². The lowest BCUT2D eigenvalue weighted by molar-refractivity contribution is -0.291. The Hall–Kier alpha value is -1.61. The fourth-order valence-electron chi connectivity index (χ4n) is 3.13. The highest BCUT2D eigenvalue weighted by Crippen LogP contribution is 2.44. The molecule has 0 radical (unpaired) electrons. The maximum atomic E-state index is 13.8. The molecule has 1 N–H and O–H groups in total. The Kier molecular flexibility index (Phi) is 5.54. The normalized spacial score (nSPS) is 20.4. The van der Waals surface area contributed by atoms with Crippen LogP contribution in [-0.4, -0.2) is 58.4 Å². The Morgan fingerprint density at radius 2 is 2.00 bits per heavy atom. The Morgan fingerprint density at radius 1 is 1.38 bits per heavy atom. The van der Waals surface area contributed by atoms with Gasteiger partial charge in [-0.25, -0.2) is 4.98 Å². The summed E-state index contributed by atoms with van der Waals surface area (Å²) in [6.45, 7) is 0.930. The van der Waals surface area contributed by atoms with Crippen LogP contribution < -0.4 is 0 Å². The number of aryl methyl sites for hydroxylation is 1. The van der Waals surface area contributed by atoms with Gasteiger partial charge in [0.15, 0.2) is 5.82 Å². The molecule has 0 aliphatic carbocycles. The third-order valence-corrected chi connectivity index (χ3v) is 4.47. The molecule has 136 valence electrons. The average Bonchev–Trinajstić information content (AvgIpc) is 2.97. The van der Waals surface area contributed by atoms with Gasteiger partial charge < -0.3 is 19.3 Å². The first-order chi connectivity index (χ1) is 11.2. The second kappa shape index (κ2) is 7.10. The summed E-state index contributed by atoms with van der Waals surface area (Å²) >= 11 is 0. The second-order valence-electron chi connectivity index (χ2n) is 6.06. The van der Waals surface area contributed by atoms with Crippen LogP contribution in [0.15, 0.2) is 12.4 Å². The molecule has 1 saturated heterocycles. The van der Waals surface area contributed by atoms with E-state index < -0.39 is 29.5 Å². The molecular formula is C15H22F3N3O3. The summed E-state index contributed by atoms with van der Waals surface area (Å²) < 4.78 is 47.1. The first-order valence-corrected chi connectivity index (χ1v) is 7.79. The van der Waals surface area contributed by atoms with E-state index in [1.54, 1.807) is 4.90 Å². The topological polar surface area (TPSA) is 67.6 Å². The number of imidazole rings is 1. The molecule has 2 atom stereocenters. The zero-order valence-electron chi connectivity index (χ0n) is 13.7. The van der Waals surface area contributed by atoms with E-state index in [0.29, 0.717) is 13.1 Å². The Bertz CT molecular complexity index is 570. The number of alkyl halides is 3. The van der Waals surface area contributed by atoms with Crippen LogP contribution in [0.1, 0.15) is 25.1 Å². The lowest BCUT2D eigenvalue weighted by Crippen LogP contribution is -2.56. The summed E-state index contributed by atoms with van der Waals surface area (Å²) in [4.78, 5) is 17.5. The Labute approximate surface area is 138 Å². The molecule has 0 unspecified atom stereocenters. The quantitative estimate of drug-likeness (QED) is 0.815. The highest BCUT2D eigenvalue weighted by atomic mass is 19.4. The van der Waals surface area contributed by atoms with Crippen LogP contribution >= 0.6 is 0 Å². The fourth-order valence-corrected chi connectivity index (χ4v) is 3.13. The lowest BCUT2D eigenvalue weighted by Gasteiger charge is -2.38. The van der Waals surface area contributed by atoms with Crippen molar-refractivity contribution < 1.29 is 27.8 Å². The zero-order chi connectivity index (χ0) is 18.0. The summed E-state index contributed by atoms with van der Waals surface area (Å²) in [5, 5.41) is 10.6. The smallest absolute Gasteiger partial charge is 0.425 e. The molecule has 0 saturated carbocycles. The van der Waals surface area contributed by atoms with Gasteiger partial charge in [0, 0.05) is 26.0 Å². The number of methoxy groups -OCH3 is 1. The number of rotatable bonds is 5. The number of likely N-dealkylation sites (tertiary alicyclic amines) is 1. The van der Waals surface area contributed by atoms with Crippen LogP contribution in [0.25, 0.3) is 0 Å². The van der Waals surface area contributed by atoms with Gasteiger partial charge in [-0.2, -0.15) is 13.2 Å². The van der Waals surface area contributed by atoms with Gasteiger partial charge in [0.2, 0.25) is 5.60 Å². The molecule has 0 aromatic carbocycles. The molecule has 24 heavy (non-hydrogen) atoms.